The molecule has 0 aliphatic rings. The third-order valence-corrected chi connectivity index (χ3v) is 3.15. The summed E-state index contributed by atoms with van der Waals surface area (Å²) in [4.78, 5) is 23.3. The van der Waals surface area contributed by atoms with Crippen LogP contribution >= 0.6 is 0 Å². The van der Waals surface area contributed by atoms with E-state index < -0.39 is 0 Å². The fourth-order valence-electron chi connectivity index (χ4n) is 1.51. The van der Waals surface area contributed by atoms with E-state index in [1.807, 2.05) is 32.1 Å². The molecule has 2 amide bonds. The summed E-state index contributed by atoms with van der Waals surface area (Å²) < 4.78 is 0. The molecule has 0 rings (SSSR count). The van der Waals surface area contributed by atoms with Crippen LogP contribution in [0.15, 0.2) is 36.0 Å². The van der Waals surface area contributed by atoms with Crippen molar-refractivity contribution >= 4 is 11.8 Å². The maximum atomic E-state index is 12.0. The van der Waals surface area contributed by atoms with Crippen molar-refractivity contribution in [1.29, 1.82) is 0 Å². The first-order chi connectivity index (χ1) is 9.33. The lowest BCUT2D eigenvalue weighted by molar-refractivity contribution is -0.131. The molecule has 3 heteroatoms. The van der Waals surface area contributed by atoms with E-state index in [1.54, 1.807) is 6.92 Å². The number of carbonyl (C=O) groups is 2. The number of nitrogens with one attached hydrogen (secondary N) is 1. The third-order valence-electron chi connectivity index (χ3n) is 3.15. The van der Waals surface area contributed by atoms with Crippen molar-refractivity contribution in [3.8, 4) is 0 Å². The number of carbonyl (C=O) groups excluding carboxylic acids is 2. The van der Waals surface area contributed by atoms with Gasteiger partial charge in [-0.2, -0.15) is 0 Å². The van der Waals surface area contributed by atoms with Crippen LogP contribution in [0.25, 0.3) is 0 Å². The Morgan fingerprint density at radius 2 is 1.75 bits per heavy atom. The molecular formula is C17H27NO2. The van der Waals surface area contributed by atoms with E-state index in [0.29, 0.717) is 12.3 Å². The number of rotatable bonds is 7. The van der Waals surface area contributed by atoms with Crippen molar-refractivity contribution in [3.05, 3.63) is 36.0 Å². The Morgan fingerprint density at radius 3 is 2.20 bits per heavy atom. The van der Waals surface area contributed by atoms with Gasteiger partial charge >= 0.3 is 0 Å². The molecule has 3 nitrogen and oxygen atoms in total. The Balaban J connectivity index is 4.92. The molecule has 0 aromatic heterocycles. The zero-order valence-corrected chi connectivity index (χ0v) is 13.3. The Kier molecular flexibility index (Phi) is 8.53. The van der Waals surface area contributed by atoms with Crippen LogP contribution in [0.3, 0.4) is 0 Å². The molecule has 0 aromatic carbocycles. The van der Waals surface area contributed by atoms with Gasteiger partial charge in [-0.25, -0.2) is 0 Å². The first-order valence-electron chi connectivity index (χ1n) is 7.24. The Bertz CT molecular complexity index is 417. The van der Waals surface area contributed by atoms with Crippen LogP contribution in [-0.2, 0) is 9.59 Å². The van der Waals surface area contributed by atoms with E-state index in [9.17, 15) is 9.59 Å². The van der Waals surface area contributed by atoms with Gasteiger partial charge in [0.25, 0.3) is 0 Å². The van der Waals surface area contributed by atoms with Gasteiger partial charge in [-0.1, -0.05) is 58.1 Å². The number of imide groups is 1. The van der Waals surface area contributed by atoms with E-state index in [-0.39, 0.29) is 17.7 Å². The number of amides is 2. The largest absolute Gasteiger partial charge is 0.296 e. The van der Waals surface area contributed by atoms with Crippen molar-refractivity contribution in [1.82, 2.24) is 5.32 Å². The van der Waals surface area contributed by atoms with Gasteiger partial charge in [-0.3, -0.25) is 14.9 Å². The molecule has 0 aromatic rings. The summed E-state index contributed by atoms with van der Waals surface area (Å²) in [5.41, 5.74) is 1.93. The molecule has 0 radical (unpaired) electrons. The highest BCUT2D eigenvalue weighted by molar-refractivity contribution is 5.97. The molecule has 112 valence electrons. The van der Waals surface area contributed by atoms with Gasteiger partial charge in [-0.05, 0) is 24.8 Å². The molecule has 20 heavy (non-hydrogen) atoms. The molecule has 1 unspecified atom stereocenters. The number of allylic oxidation sites excluding steroid dienone is 4. The minimum Gasteiger partial charge on any atom is -0.296 e. The SMILES string of the molecule is C=C(/C=C\C(=C/CC)C(C)C(=O)NC(=O)CC)C(C)C. The molecule has 1 N–H and O–H groups in total. The summed E-state index contributed by atoms with van der Waals surface area (Å²) in [6, 6.07) is 0. The van der Waals surface area contributed by atoms with Crippen molar-refractivity contribution in [2.45, 2.75) is 47.5 Å². The summed E-state index contributed by atoms with van der Waals surface area (Å²) in [6.45, 7) is 13.7. The molecule has 0 aliphatic carbocycles. The van der Waals surface area contributed by atoms with E-state index in [0.717, 1.165) is 17.6 Å². The summed E-state index contributed by atoms with van der Waals surface area (Å²) >= 11 is 0. The highest BCUT2D eigenvalue weighted by Crippen LogP contribution is 2.16. The highest BCUT2D eigenvalue weighted by Gasteiger charge is 2.17. The van der Waals surface area contributed by atoms with Crippen LogP contribution in [0.4, 0.5) is 0 Å². The molecule has 0 heterocycles. The minimum atomic E-state index is -0.346. The maximum absolute atomic E-state index is 12.0. The molecule has 0 aliphatic heterocycles. The van der Waals surface area contributed by atoms with Gasteiger partial charge in [0.15, 0.2) is 0 Å². The summed E-state index contributed by atoms with van der Waals surface area (Å²) in [5.74, 6) is -0.466. The smallest absolute Gasteiger partial charge is 0.233 e. The number of hydrogen-bond donors (Lipinski definition) is 1. The van der Waals surface area contributed by atoms with Crippen molar-refractivity contribution in [2.24, 2.45) is 11.8 Å². The summed E-state index contributed by atoms with van der Waals surface area (Å²) in [7, 11) is 0. The van der Waals surface area contributed by atoms with Gasteiger partial charge in [0.2, 0.25) is 11.8 Å². The van der Waals surface area contributed by atoms with Crippen molar-refractivity contribution in [2.75, 3.05) is 0 Å². The fraction of sp³-hybridized carbons (Fsp3) is 0.529. The molecule has 0 fully saturated rings. The van der Waals surface area contributed by atoms with Gasteiger partial charge in [-0.15, -0.1) is 0 Å². The second-order valence-corrected chi connectivity index (χ2v) is 5.16. The van der Waals surface area contributed by atoms with Gasteiger partial charge in [0.1, 0.15) is 0 Å². The predicted molar refractivity (Wildman–Crippen MR) is 84.1 cm³/mol. The monoisotopic (exact) mass is 277 g/mol. The topological polar surface area (TPSA) is 46.2 Å². The minimum absolute atomic E-state index is 0.242. The molecule has 0 bridgehead atoms. The highest BCUT2D eigenvalue weighted by atomic mass is 16.2. The van der Waals surface area contributed by atoms with Crippen LogP contribution < -0.4 is 5.32 Å². The zero-order chi connectivity index (χ0) is 15.7. The quantitative estimate of drug-likeness (QED) is 0.720. The Labute approximate surface area is 122 Å². The molecular weight excluding hydrogens is 250 g/mol. The van der Waals surface area contributed by atoms with Crippen LogP contribution in [0.2, 0.25) is 0 Å². The van der Waals surface area contributed by atoms with E-state index in [1.165, 1.54) is 0 Å². The van der Waals surface area contributed by atoms with Crippen molar-refractivity contribution < 1.29 is 9.59 Å². The lowest BCUT2D eigenvalue weighted by Crippen LogP contribution is -2.34. The fourth-order valence-corrected chi connectivity index (χ4v) is 1.51. The normalized spacial score (nSPS) is 13.6. The van der Waals surface area contributed by atoms with Crippen LogP contribution in [0.5, 0.6) is 0 Å². The average molecular weight is 277 g/mol. The summed E-state index contributed by atoms with van der Waals surface area (Å²) in [6.07, 6.45) is 7.02. The zero-order valence-electron chi connectivity index (χ0n) is 13.3. The lowest BCUT2D eigenvalue weighted by atomic mass is 9.96. The van der Waals surface area contributed by atoms with E-state index >= 15 is 0 Å². The second kappa shape index (κ2) is 9.29. The first kappa shape index (κ1) is 18.4. The predicted octanol–water partition coefficient (Wildman–Crippen LogP) is 3.78. The van der Waals surface area contributed by atoms with Crippen molar-refractivity contribution in [3.63, 3.8) is 0 Å². The summed E-state index contributed by atoms with van der Waals surface area (Å²) in [5, 5.41) is 2.40. The lowest BCUT2D eigenvalue weighted by Gasteiger charge is -2.13. The van der Waals surface area contributed by atoms with Gasteiger partial charge in [0.05, 0.1) is 5.92 Å². The second-order valence-electron chi connectivity index (χ2n) is 5.16. The Hall–Kier alpha value is -1.64. The first-order valence-corrected chi connectivity index (χ1v) is 7.24. The van der Waals surface area contributed by atoms with Crippen LogP contribution in [0.1, 0.15) is 47.5 Å². The molecule has 1 atom stereocenters. The van der Waals surface area contributed by atoms with E-state index in [4.69, 9.17) is 0 Å². The Morgan fingerprint density at radius 1 is 1.15 bits per heavy atom. The van der Waals surface area contributed by atoms with Crippen LogP contribution in [-0.4, -0.2) is 11.8 Å². The molecule has 0 spiro atoms. The number of hydrogen-bond acceptors (Lipinski definition) is 2. The van der Waals surface area contributed by atoms with Gasteiger partial charge in [0, 0.05) is 6.42 Å². The maximum Gasteiger partial charge on any atom is 0.233 e. The van der Waals surface area contributed by atoms with E-state index in [2.05, 4.69) is 25.7 Å². The third kappa shape index (κ3) is 6.50. The van der Waals surface area contributed by atoms with Gasteiger partial charge < -0.3 is 0 Å². The average Bonchev–Trinajstić information content (AvgIpc) is 2.41. The molecule has 0 saturated carbocycles. The molecule has 0 saturated heterocycles. The standard InChI is InChI=1S/C17H27NO2/c1-7-9-15(11-10-13(5)12(3)4)14(6)17(20)18-16(19)8-2/h9-12,14H,5,7-8H2,1-4,6H3,(H,18,19,20)/b11-10-,15-9+. The van der Waals surface area contributed by atoms with Crippen LogP contribution in [0, 0.1) is 11.8 Å².